The molecule has 3 aromatic rings. The summed E-state index contributed by atoms with van der Waals surface area (Å²) >= 11 is 0. The van der Waals surface area contributed by atoms with Gasteiger partial charge in [-0.3, -0.25) is 14.0 Å². The van der Waals surface area contributed by atoms with Crippen LogP contribution in [0.3, 0.4) is 0 Å². The van der Waals surface area contributed by atoms with E-state index in [2.05, 4.69) is 10.3 Å². The first kappa shape index (κ1) is 18.9. The molecule has 2 N–H and O–H groups in total. The van der Waals surface area contributed by atoms with Gasteiger partial charge in [0.1, 0.15) is 17.2 Å². The molecule has 0 radical (unpaired) electrons. The average Bonchev–Trinajstić information content (AvgIpc) is 3.19. The molecule has 0 unspecified atom stereocenters. The molecule has 0 aliphatic heterocycles. The Morgan fingerprint density at radius 1 is 1.41 bits per heavy atom. The molecule has 3 aromatic heterocycles. The highest BCUT2D eigenvalue weighted by atomic mass is 16.5. The Morgan fingerprint density at radius 2 is 2.15 bits per heavy atom. The predicted octanol–water partition coefficient (Wildman–Crippen LogP) is 0.647. The number of amides is 1. The molecule has 3 rings (SSSR count). The zero-order chi connectivity index (χ0) is 19.7. The van der Waals surface area contributed by atoms with Crippen LogP contribution in [-0.4, -0.2) is 51.3 Å². The second-order valence-corrected chi connectivity index (χ2v) is 6.38. The fourth-order valence-corrected chi connectivity index (χ4v) is 2.93. The summed E-state index contributed by atoms with van der Waals surface area (Å²) in [6.07, 6.45) is 2.40. The number of fused-ring (bicyclic) bond motifs is 1. The fourth-order valence-electron chi connectivity index (χ4n) is 2.93. The summed E-state index contributed by atoms with van der Waals surface area (Å²) in [5.41, 5.74) is 1.36. The number of nitrogens with zero attached hydrogens (tertiary/aromatic N) is 3. The van der Waals surface area contributed by atoms with Gasteiger partial charge in [-0.25, -0.2) is 4.98 Å². The van der Waals surface area contributed by atoms with E-state index in [-0.39, 0.29) is 30.1 Å². The van der Waals surface area contributed by atoms with Crippen molar-refractivity contribution in [3.05, 3.63) is 46.0 Å². The van der Waals surface area contributed by atoms with Gasteiger partial charge in [0.2, 0.25) is 5.65 Å². The van der Waals surface area contributed by atoms with Crippen LogP contribution < -0.4 is 10.9 Å². The van der Waals surface area contributed by atoms with Gasteiger partial charge in [0, 0.05) is 38.7 Å². The number of aliphatic hydroxyl groups excluding tert-OH is 1. The first-order chi connectivity index (χ1) is 12.8. The number of carbonyl (C=O) groups is 1. The topological polar surface area (TPSA) is 111 Å². The molecule has 0 aromatic carbocycles. The molecule has 0 bridgehead atoms. The van der Waals surface area contributed by atoms with Crippen LogP contribution in [0.5, 0.6) is 0 Å². The van der Waals surface area contributed by atoms with E-state index < -0.39 is 12.0 Å². The maximum atomic E-state index is 12.7. The predicted molar refractivity (Wildman–Crippen MR) is 97.8 cm³/mol. The second kappa shape index (κ2) is 7.37. The maximum Gasteiger partial charge on any atom is 0.294 e. The third-order valence-corrected chi connectivity index (χ3v) is 4.26. The largest absolute Gasteiger partial charge is 0.466 e. The summed E-state index contributed by atoms with van der Waals surface area (Å²) < 4.78 is 13.4. The van der Waals surface area contributed by atoms with Gasteiger partial charge in [-0.2, -0.15) is 0 Å². The fraction of sp³-hybridized carbons (Fsp3) is 0.389. The van der Waals surface area contributed by atoms with E-state index in [4.69, 9.17) is 9.15 Å². The molecule has 9 heteroatoms. The number of ether oxygens (including phenoxy) is 1. The maximum absolute atomic E-state index is 12.7. The van der Waals surface area contributed by atoms with Crippen LogP contribution in [0.4, 0.5) is 0 Å². The van der Waals surface area contributed by atoms with E-state index in [1.807, 2.05) is 19.9 Å². The van der Waals surface area contributed by atoms with E-state index in [1.54, 1.807) is 13.2 Å². The molecule has 1 atom stereocenters. The van der Waals surface area contributed by atoms with Crippen molar-refractivity contribution >= 4 is 11.6 Å². The minimum absolute atomic E-state index is 0.0251. The number of aromatic nitrogens is 3. The summed E-state index contributed by atoms with van der Waals surface area (Å²) in [6, 6.07) is 1.86. The van der Waals surface area contributed by atoms with Crippen molar-refractivity contribution in [3.63, 3.8) is 0 Å². The molecule has 0 saturated carbocycles. The number of furan rings is 1. The van der Waals surface area contributed by atoms with Crippen LogP contribution in [0.1, 0.15) is 22.0 Å². The van der Waals surface area contributed by atoms with Crippen molar-refractivity contribution in [2.45, 2.75) is 20.0 Å². The van der Waals surface area contributed by atoms with Crippen LogP contribution in [0.15, 0.2) is 27.7 Å². The van der Waals surface area contributed by atoms with Crippen molar-refractivity contribution in [2.24, 2.45) is 7.05 Å². The van der Waals surface area contributed by atoms with Gasteiger partial charge in [-0.15, -0.1) is 0 Å². The highest BCUT2D eigenvalue weighted by Crippen LogP contribution is 2.25. The lowest BCUT2D eigenvalue weighted by molar-refractivity contribution is 0.0609. The average molecular weight is 374 g/mol. The summed E-state index contributed by atoms with van der Waals surface area (Å²) in [7, 11) is 3.11. The molecule has 1 amide bonds. The lowest BCUT2D eigenvalue weighted by Crippen LogP contribution is -2.34. The van der Waals surface area contributed by atoms with Crippen molar-refractivity contribution in [1.82, 2.24) is 19.3 Å². The third kappa shape index (κ3) is 3.64. The Labute approximate surface area is 155 Å². The number of carbonyl (C=O) groups excluding carboxylic acids is 1. The molecule has 0 saturated heterocycles. The van der Waals surface area contributed by atoms with E-state index in [0.29, 0.717) is 11.5 Å². The van der Waals surface area contributed by atoms with E-state index >= 15 is 0 Å². The lowest BCUT2D eigenvalue weighted by atomic mass is 10.2. The van der Waals surface area contributed by atoms with Crippen LogP contribution in [0.25, 0.3) is 16.9 Å². The van der Waals surface area contributed by atoms with Crippen LogP contribution in [0.2, 0.25) is 0 Å². The molecule has 0 fully saturated rings. The Hall–Kier alpha value is -2.91. The molecule has 0 aliphatic carbocycles. The van der Waals surface area contributed by atoms with Crippen molar-refractivity contribution in [1.29, 1.82) is 0 Å². The monoisotopic (exact) mass is 374 g/mol. The third-order valence-electron chi connectivity index (χ3n) is 4.26. The lowest BCUT2D eigenvalue weighted by Gasteiger charge is -2.09. The number of aryl methyl sites for hydroxylation is 2. The smallest absolute Gasteiger partial charge is 0.294 e. The van der Waals surface area contributed by atoms with Crippen LogP contribution >= 0.6 is 0 Å². The van der Waals surface area contributed by atoms with E-state index in [1.165, 1.54) is 22.3 Å². The molecule has 144 valence electrons. The van der Waals surface area contributed by atoms with Crippen LogP contribution in [-0.2, 0) is 11.8 Å². The van der Waals surface area contributed by atoms with Gasteiger partial charge in [-0.05, 0) is 19.9 Å². The minimum atomic E-state index is -0.817. The highest BCUT2D eigenvalue weighted by Gasteiger charge is 2.18. The van der Waals surface area contributed by atoms with Gasteiger partial charge in [0.05, 0.1) is 18.4 Å². The van der Waals surface area contributed by atoms with Gasteiger partial charge in [-0.1, -0.05) is 0 Å². The van der Waals surface area contributed by atoms with Crippen molar-refractivity contribution in [3.8, 4) is 11.3 Å². The highest BCUT2D eigenvalue weighted by molar-refractivity contribution is 5.92. The zero-order valence-electron chi connectivity index (χ0n) is 15.6. The van der Waals surface area contributed by atoms with Gasteiger partial charge >= 0.3 is 0 Å². The summed E-state index contributed by atoms with van der Waals surface area (Å²) in [6.45, 7) is 3.80. The summed E-state index contributed by atoms with van der Waals surface area (Å²) in [4.78, 5) is 29.1. The van der Waals surface area contributed by atoms with E-state index in [9.17, 15) is 14.7 Å². The first-order valence-corrected chi connectivity index (χ1v) is 8.43. The van der Waals surface area contributed by atoms with Gasteiger partial charge in [0.15, 0.2) is 0 Å². The quantitative estimate of drug-likeness (QED) is 0.655. The Balaban J connectivity index is 1.96. The Kier molecular flexibility index (Phi) is 5.15. The van der Waals surface area contributed by atoms with Gasteiger partial charge in [0.25, 0.3) is 11.5 Å². The number of imidazole rings is 1. The number of rotatable bonds is 6. The molecule has 27 heavy (non-hydrogen) atoms. The summed E-state index contributed by atoms with van der Waals surface area (Å²) in [5, 5.41) is 12.2. The molecule has 3 heterocycles. The van der Waals surface area contributed by atoms with Crippen LogP contribution in [0, 0.1) is 13.8 Å². The number of methoxy groups -OCH3 is 1. The van der Waals surface area contributed by atoms with E-state index in [0.717, 1.165) is 11.3 Å². The normalized spacial score (nSPS) is 12.5. The minimum Gasteiger partial charge on any atom is -0.466 e. The summed E-state index contributed by atoms with van der Waals surface area (Å²) in [5.74, 6) is 0.968. The number of hydrogen-bond acceptors (Lipinski definition) is 6. The first-order valence-electron chi connectivity index (χ1n) is 8.43. The molecule has 9 nitrogen and oxygen atoms in total. The Morgan fingerprint density at radius 3 is 2.78 bits per heavy atom. The molecule has 0 spiro atoms. The molecule has 0 aliphatic rings. The number of aliphatic hydroxyl groups is 1. The molecular formula is C18H22N4O5. The Bertz CT molecular complexity index is 1050. The van der Waals surface area contributed by atoms with Crippen molar-refractivity contribution in [2.75, 3.05) is 20.3 Å². The number of hydrogen-bond donors (Lipinski definition) is 2. The molecular weight excluding hydrogens is 352 g/mol. The SMILES string of the molecule is COC[C@@H](O)CNC(=O)c1cn2cc(-c3cc(C)oc3C)n(C)c(=O)c2n1. The number of nitrogens with one attached hydrogen (secondary N) is 1. The van der Waals surface area contributed by atoms with Crippen molar-refractivity contribution < 1.29 is 19.1 Å². The standard InChI is InChI=1S/C18H22N4O5/c1-10-5-13(11(2)27-10)15-8-22-7-14(20-16(22)18(25)21(15)3)17(24)19-6-12(23)9-26-4/h5,7-8,12,23H,6,9H2,1-4H3,(H,19,24)/t12-/m0/s1. The van der Waals surface area contributed by atoms with Gasteiger partial charge < -0.3 is 24.1 Å². The zero-order valence-corrected chi connectivity index (χ0v) is 15.6. The second-order valence-electron chi connectivity index (χ2n) is 6.38.